The molecule has 1 aromatic rings. The van der Waals surface area contributed by atoms with Crippen LogP contribution in [0.15, 0.2) is 18.2 Å². The number of hydrogen-bond acceptors (Lipinski definition) is 4. The molecule has 98 valence electrons. The summed E-state index contributed by atoms with van der Waals surface area (Å²) in [5, 5.41) is 18.5. The first kappa shape index (κ1) is 14.5. The normalized spacial score (nSPS) is 11.9. The van der Waals surface area contributed by atoms with Crippen LogP contribution >= 0.6 is 11.6 Å². The summed E-state index contributed by atoms with van der Waals surface area (Å²) >= 11 is 5.48. The number of carboxylic acids is 1. The lowest BCUT2D eigenvalue weighted by Crippen LogP contribution is -2.16. The molecular weight excluding hydrogens is 260 g/mol. The van der Waals surface area contributed by atoms with E-state index in [0.29, 0.717) is 0 Å². The summed E-state index contributed by atoms with van der Waals surface area (Å²) in [6.45, 7) is 0. The van der Waals surface area contributed by atoms with Crippen LogP contribution in [-0.2, 0) is 4.79 Å². The van der Waals surface area contributed by atoms with Crippen molar-refractivity contribution < 1.29 is 24.5 Å². The van der Waals surface area contributed by atoms with E-state index in [1.807, 2.05) is 0 Å². The molecule has 0 amide bonds. The van der Waals surface area contributed by atoms with Gasteiger partial charge in [-0.25, -0.2) is 4.79 Å². The quantitative estimate of drug-likeness (QED) is 0.607. The molecule has 1 aromatic carbocycles. The van der Waals surface area contributed by atoms with Gasteiger partial charge in [0, 0.05) is 23.4 Å². The van der Waals surface area contributed by atoms with Gasteiger partial charge in [-0.15, -0.1) is 11.6 Å². The fourth-order valence-corrected chi connectivity index (χ4v) is 1.76. The van der Waals surface area contributed by atoms with Crippen molar-refractivity contribution >= 4 is 23.4 Å². The molecule has 0 heterocycles. The van der Waals surface area contributed by atoms with E-state index in [9.17, 15) is 14.7 Å². The monoisotopic (exact) mass is 272 g/mol. The number of methoxy groups -OCH3 is 1. The summed E-state index contributed by atoms with van der Waals surface area (Å²) < 4.78 is 4.98. The first-order valence-electron chi connectivity index (χ1n) is 5.19. The Bertz CT molecular complexity index is 458. The summed E-state index contributed by atoms with van der Waals surface area (Å²) in [6, 6.07) is 4.48. The summed E-state index contributed by atoms with van der Waals surface area (Å²) in [7, 11) is 1.34. The largest absolute Gasteiger partial charge is 0.496 e. The highest BCUT2D eigenvalue weighted by molar-refractivity contribution is 6.19. The average molecular weight is 273 g/mol. The molecule has 1 rings (SSSR count). The van der Waals surface area contributed by atoms with E-state index in [0.717, 1.165) is 0 Å². The number of rotatable bonds is 6. The fourth-order valence-electron chi connectivity index (χ4n) is 1.59. The van der Waals surface area contributed by atoms with Gasteiger partial charge in [-0.05, 0) is 6.07 Å². The highest BCUT2D eigenvalue weighted by Gasteiger charge is 2.26. The second-order valence-electron chi connectivity index (χ2n) is 3.52. The van der Waals surface area contributed by atoms with E-state index in [4.69, 9.17) is 21.4 Å². The standard InChI is InChI=1S/C12H13ClO5/c1-18-9-4-2-3-7(8(14)5-6-13)10(9)11(15)12(16)17/h2-4,11,15H,5-6H2,1H3,(H,16,17). The topological polar surface area (TPSA) is 83.8 Å². The second kappa shape index (κ2) is 6.37. The van der Waals surface area contributed by atoms with Gasteiger partial charge in [0.1, 0.15) is 5.75 Å². The van der Waals surface area contributed by atoms with E-state index in [-0.39, 0.29) is 35.0 Å². The maximum atomic E-state index is 11.8. The molecule has 0 radical (unpaired) electrons. The number of aliphatic hydroxyl groups is 1. The van der Waals surface area contributed by atoms with Crippen molar-refractivity contribution in [1.29, 1.82) is 0 Å². The fraction of sp³-hybridized carbons (Fsp3) is 0.333. The van der Waals surface area contributed by atoms with Crippen LogP contribution < -0.4 is 4.74 Å². The number of aliphatic carboxylic acids is 1. The minimum atomic E-state index is -1.81. The molecule has 6 heteroatoms. The SMILES string of the molecule is COc1cccc(C(=O)CCCl)c1C(O)C(=O)O. The molecule has 1 unspecified atom stereocenters. The van der Waals surface area contributed by atoms with Crippen molar-refractivity contribution in [3.63, 3.8) is 0 Å². The van der Waals surface area contributed by atoms with E-state index in [1.165, 1.54) is 19.2 Å². The van der Waals surface area contributed by atoms with E-state index >= 15 is 0 Å². The third kappa shape index (κ3) is 3.00. The number of Topliss-reactive ketones (excluding diaryl/α,β-unsaturated/α-hetero) is 1. The highest BCUT2D eigenvalue weighted by atomic mass is 35.5. The van der Waals surface area contributed by atoms with Crippen LogP contribution in [0.3, 0.4) is 0 Å². The van der Waals surface area contributed by atoms with Gasteiger partial charge in [0.15, 0.2) is 11.9 Å². The third-order valence-corrected chi connectivity index (χ3v) is 2.60. The summed E-state index contributed by atoms with van der Waals surface area (Å²) in [5.41, 5.74) is 0.0764. The molecule has 0 saturated carbocycles. The van der Waals surface area contributed by atoms with Crippen molar-refractivity contribution in [3.05, 3.63) is 29.3 Å². The number of halogens is 1. The van der Waals surface area contributed by atoms with Crippen LogP contribution in [0, 0.1) is 0 Å². The second-order valence-corrected chi connectivity index (χ2v) is 3.90. The number of carboxylic acid groups (broad SMARTS) is 1. The molecule has 0 aromatic heterocycles. The molecule has 0 bridgehead atoms. The lowest BCUT2D eigenvalue weighted by Gasteiger charge is -2.15. The summed E-state index contributed by atoms with van der Waals surface area (Å²) in [4.78, 5) is 22.7. The molecule has 1 atom stereocenters. The van der Waals surface area contributed by atoms with Crippen LogP contribution in [0.2, 0.25) is 0 Å². The molecule has 0 aliphatic heterocycles. The van der Waals surface area contributed by atoms with Crippen LogP contribution in [0.4, 0.5) is 0 Å². The van der Waals surface area contributed by atoms with Gasteiger partial charge < -0.3 is 14.9 Å². The van der Waals surface area contributed by atoms with Gasteiger partial charge in [-0.2, -0.15) is 0 Å². The number of aliphatic hydroxyl groups excluding tert-OH is 1. The Morgan fingerprint density at radius 3 is 2.61 bits per heavy atom. The number of ether oxygens (including phenoxy) is 1. The molecule has 0 spiro atoms. The molecular formula is C12H13ClO5. The molecule has 0 saturated heterocycles. The predicted molar refractivity (Wildman–Crippen MR) is 65.3 cm³/mol. The van der Waals surface area contributed by atoms with Gasteiger partial charge in [0.05, 0.1) is 7.11 Å². The smallest absolute Gasteiger partial charge is 0.337 e. The van der Waals surface area contributed by atoms with Gasteiger partial charge in [0.25, 0.3) is 0 Å². The number of carbonyl (C=O) groups excluding carboxylic acids is 1. The van der Waals surface area contributed by atoms with Crippen LogP contribution in [0.1, 0.15) is 28.4 Å². The van der Waals surface area contributed by atoms with E-state index in [1.54, 1.807) is 6.07 Å². The average Bonchev–Trinajstić information content (AvgIpc) is 2.37. The minimum absolute atomic E-state index is 0.0392. The molecule has 18 heavy (non-hydrogen) atoms. The van der Waals surface area contributed by atoms with Gasteiger partial charge in [-0.3, -0.25) is 4.79 Å². The number of ketones is 1. The molecule has 0 fully saturated rings. The Kier molecular flexibility index (Phi) is 5.12. The van der Waals surface area contributed by atoms with Crippen LogP contribution in [-0.4, -0.2) is 35.0 Å². The van der Waals surface area contributed by atoms with Crippen molar-refractivity contribution in [1.82, 2.24) is 0 Å². The molecule has 2 N–H and O–H groups in total. The first-order chi connectivity index (χ1) is 8.52. The zero-order valence-electron chi connectivity index (χ0n) is 9.72. The van der Waals surface area contributed by atoms with E-state index in [2.05, 4.69) is 0 Å². The first-order valence-corrected chi connectivity index (χ1v) is 5.73. The van der Waals surface area contributed by atoms with Crippen LogP contribution in [0.5, 0.6) is 5.75 Å². The lowest BCUT2D eigenvalue weighted by atomic mass is 9.97. The van der Waals surface area contributed by atoms with Gasteiger partial charge in [0.2, 0.25) is 0 Å². The lowest BCUT2D eigenvalue weighted by molar-refractivity contribution is -0.147. The predicted octanol–water partition coefficient (Wildman–Crippen LogP) is 1.62. The number of carbonyl (C=O) groups is 2. The van der Waals surface area contributed by atoms with Gasteiger partial charge in [-0.1, -0.05) is 12.1 Å². The maximum Gasteiger partial charge on any atom is 0.337 e. The Balaban J connectivity index is 3.33. The number of alkyl halides is 1. The summed E-state index contributed by atoms with van der Waals surface area (Å²) in [6.07, 6.45) is -1.75. The number of hydrogen-bond donors (Lipinski definition) is 2. The van der Waals surface area contributed by atoms with Gasteiger partial charge >= 0.3 is 5.97 Å². The van der Waals surface area contributed by atoms with Crippen molar-refractivity contribution in [2.24, 2.45) is 0 Å². The van der Waals surface area contributed by atoms with Crippen molar-refractivity contribution in [2.75, 3.05) is 13.0 Å². The Morgan fingerprint density at radius 1 is 1.44 bits per heavy atom. The highest BCUT2D eigenvalue weighted by Crippen LogP contribution is 2.30. The minimum Gasteiger partial charge on any atom is -0.496 e. The Morgan fingerprint density at radius 2 is 2.11 bits per heavy atom. The maximum absolute atomic E-state index is 11.8. The van der Waals surface area contributed by atoms with Crippen molar-refractivity contribution in [2.45, 2.75) is 12.5 Å². The molecule has 5 nitrogen and oxygen atoms in total. The molecule has 0 aliphatic carbocycles. The van der Waals surface area contributed by atoms with Crippen molar-refractivity contribution in [3.8, 4) is 5.75 Å². The molecule has 0 aliphatic rings. The third-order valence-electron chi connectivity index (χ3n) is 2.42. The Hall–Kier alpha value is -1.59. The Labute approximate surface area is 109 Å². The summed E-state index contributed by atoms with van der Waals surface area (Å²) in [5.74, 6) is -1.50. The van der Waals surface area contributed by atoms with Crippen LogP contribution in [0.25, 0.3) is 0 Å². The zero-order valence-corrected chi connectivity index (χ0v) is 10.5. The van der Waals surface area contributed by atoms with E-state index < -0.39 is 12.1 Å². The number of benzene rings is 1. The zero-order chi connectivity index (χ0) is 13.7.